The van der Waals surface area contributed by atoms with Gasteiger partial charge in [-0.15, -0.1) is 0 Å². The second kappa shape index (κ2) is 6.00. The zero-order valence-corrected chi connectivity index (χ0v) is 11.7. The number of hydrogen-bond donors (Lipinski definition) is 2. The molecule has 1 saturated carbocycles. The first kappa shape index (κ1) is 14.5. The Morgan fingerprint density at radius 2 is 2.11 bits per heavy atom. The Labute approximate surface area is 113 Å². The van der Waals surface area contributed by atoms with Gasteiger partial charge in [-0.25, -0.2) is 13.1 Å². The summed E-state index contributed by atoms with van der Waals surface area (Å²) in [5, 5.41) is 9.22. The van der Waals surface area contributed by atoms with Crippen LogP contribution < -0.4 is 4.72 Å². The largest absolute Gasteiger partial charge is 0.392 e. The normalized spacial score (nSPS) is 23.7. The number of ether oxygens (including phenoxy) is 1. The molecule has 6 heteroatoms. The van der Waals surface area contributed by atoms with Crippen molar-refractivity contribution in [3.05, 3.63) is 29.8 Å². The Hall–Kier alpha value is -0.950. The van der Waals surface area contributed by atoms with Crippen LogP contribution in [0.15, 0.2) is 29.2 Å². The lowest BCUT2D eigenvalue weighted by molar-refractivity contribution is 0.0916. The molecule has 0 amide bonds. The number of aliphatic hydroxyl groups is 1. The average Bonchev–Trinajstić information content (AvgIpc) is 2.85. The molecular weight excluding hydrogens is 266 g/mol. The van der Waals surface area contributed by atoms with E-state index in [-0.39, 0.29) is 23.6 Å². The van der Waals surface area contributed by atoms with Gasteiger partial charge in [0.05, 0.1) is 17.6 Å². The van der Waals surface area contributed by atoms with Gasteiger partial charge in [-0.05, 0) is 30.9 Å². The first-order chi connectivity index (χ1) is 9.08. The molecule has 0 bridgehead atoms. The minimum Gasteiger partial charge on any atom is -0.392 e. The van der Waals surface area contributed by atoms with Crippen molar-refractivity contribution in [2.45, 2.75) is 42.9 Å². The lowest BCUT2D eigenvalue weighted by Gasteiger charge is -2.20. The summed E-state index contributed by atoms with van der Waals surface area (Å²) < 4.78 is 32.7. The Balaban J connectivity index is 2.23. The Morgan fingerprint density at radius 1 is 1.37 bits per heavy atom. The van der Waals surface area contributed by atoms with Crippen LogP contribution in [0, 0.1) is 0 Å². The lowest BCUT2D eigenvalue weighted by Crippen LogP contribution is -2.40. The predicted octanol–water partition coefficient (Wildman–Crippen LogP) is 1.02. The number of benzene rings is 1. The zero-order chi connectivity index (χ0) is 13.9. The summed E-state index contributed by atoms with van der Waals surface area (Å²) in [7, 11) is -2.02. The van der Waals surface area contributed by atoms with Crippen molar-refractivity contribution in [1.82, 2.24) is 4.72 Å². The molecule has 0 saturated heterocycles. The molecule has 1 fully saturated rings. The van der Waals surface area contributed by atoms with Crippen molar-refractivity contribution in [2.24, 2.45) is 0 Å². The molecule has 2 unspecified atom stereocenters. The maximum absolute atomic E-state index is 12.4. The van der Waals surface area contributed by atoms with Crippen molar-refractivity contribution < 1.29 is 18.3 Å². The van der Waals surface area contributed by atoms with Gasteiger partial charge in [0.25, 0.3) is 0 Å². The second-order valence-corrected chi connectivity index (χ2v) is 6.38. The van der Waals surface area contributed by atoms with Crippen LogP contribution in [0.5, 0.6) is 0 Å². The summed E-state index contributed by atoms with van der Waals surface area (Å²) in [6.45, 7) is -0.296. The zero-order valence-electron chi connectivity index (χ0n) is 10.9. The summed E-state index contributed by atoms with van der Waals surface area (Å²) >= 11 is 0. The van der Waals surface area contributed by atoms with Gasteiger partial charge in [0.1, 0.15) is 0 Å². The third-order valence-electron chi connectivity index (χ3n) is 3.49. The number of sulfonamides is 1. The molecule has 5 nitrogen and oxygen atoms in total. The highest BCUT2D eigenvalue weighted by Gasteiger charge is 2.31. The first-order valence-electron chi connectivity index (χ1n) is 6.32. The Morgan fingerprint density at radius 3 is 2.79 bits per heavy atom. The van der Waals surface area contributed by atoms with E-state index in [4.69, 9.17) is 4.74 Å². The molecular formula is C13H19NO4S. The van der Waals surface area contributed by atoms with Gasteiger partial charge >= 0.3 is 0 Å². The summed E-state index contributed by atoms with van der Waals surface area (Å²) in [6.07, 6.45) is 2.52. The van der Waals surface area contributed by atoms with Crippen LogP contribution in [-0.2, 0) is 21.4 Å². The number of hydrogen-bond acceptors (Lipinski definition) is 4. The van der Waals surface area contributed by atoms with Crippen molar-refractivity contribution in [2.75, 3.05) is 7.11 Å². The molecule has 0 radical (unpaired) electrons. The monoisotopic (exact) mass is 285 g/mol. The summed E-state index contributed by atoms with van der Waals surface area (Å²) in [4.78, 5) is 0.138. The number of aliphatic hydroxyl groups excluding tert-OH is 1. The van der Waals surface area contributed by atoms with Gasteiger partial charge in [-0.3, -0.25) is 0 Å². The van der Waals surface area contributed by atoms with E-state index < -0.39 is 10.0 Å². The van der Waals surface area contributed by atoms with Gasteiger partial charge in [-0.1, -0.05) is 18.2 Å². The highest BCUT2D eigenvalue weighted by molar-refractivity contribution is 7.89. The molecule has 2 atom stereocenters. The van der Waals surface area contributed by atoms with Crippen LogP contribution >= 0.6 is 0 Å². The van der Waals surface area contributed by atoms with Gasteiger partial charge in [0.2, 0.25) is 10.0 Å². The molecule has 0 aromatic heterocycles. The quantitative estimate of drug-likeness (QED) is 0.847. The molecule has 106 valence electrons. The average molecular weight is 285 g/mol. The van der Waals surface area contributed by atoms with Crippen molar-refractivity contribution in [1.29, 1.82) is 0 Å². The molecule has 0 spiro atoms. The minimum atomic E-state index is -3.62. The highest BCUT2D eigenvalue weighted by atomic mass is 32.2. The third kappa shape index (κ3) is 3.14. The molecule has 1 aliphatic rings. The van der Waals surface area contributed by atoms with E-state index >= 15 is 0 Å². The van der Waals surface area contributed by atoms with E-state index in [1.807, 2.05) is 0 Å². The third-order valence-corrected chi connectivity index (χ3v) is 5.08. The molecule has 2 rings (SSSR count). The number of nitrogens with one attached hydrogen (secondary N) is 1. The topological polar surface area (TPSA) is 75.6 Å². The van der Waals surface area contributed by atoms with E-state index in [0.29, 0.717) is 5.56 Å². The number of methoxy groups -OCH3 is 1. The second-order valence-electron chi connectivity index (χ2n) is 4.70. The fourth-order valence-electron chi connectivity index (χ4n) is 2.50. The lowest BCUT2D eigenvalue weighted by atomic mass is 10.2. The van der Waals surface area contributed by atoms with Gasteiger partial charge in [0.15, 0.2) is 0 Å². The molecule has 1 aromatic carbocycles. The summed E-state index contributed by atoms with van der Waals surface area (Å²) in [5.74, 6) is 0. The van der Waals surface area contributed by atoms with Gasteiger partial charge < -0.3 is 9.84 Å². The van der Waals surface area contributed by atoms with Crippen molar-refractivity contribution >= 4 is 10.0 Å². The van der Waals surface area contributed by atoms with E-state index in [0.717, 1.165) is 19.3 Å². The molecule has 1 aromatic rings. The van der Waals surface area contributed by atoms with Gasteiger partial charge in [-0.2, -0.15) is 0 Å². The summed E-state index contributed by atoms with van der Waals surface area (Å²) in [5.41, 5.74) is 0.405. The Kier molecular flexibility index (Phi) is 4.57. The van der Waals surface area contributed by atoms with Crippen LogP contribution in [-0.4, -0.2) is 32.8 Å². The maximum atomic E-state index is 12.4. The van der Waals surface area contributed by atoms with Crippen LogP contribution in [0.25, 0.3) is 0 Å². The van der Waals surface area contributed by atoms with Crippen LogP contribution in [0.4, 0.5) is 0 Å². The van der Waals surface area contributed by atoms with Gasteiger partial charge in [0, 0.05) is 13.2 Å². The fraction of sp³-hybridized carbons (Fsp3) is 0.538. The van der Waals surface area contributed by atoms with E-state index in [1.165, 1.54) is 6.07 Å². The van der Waals surface area contributed by atoms with Crippen molar-refractivity contribution in [3.63, 3.8) is 0 Å². The molecule has 19 heavy (non-hydrogen) atoms. The van der Waals surface area contributed by atoms with E-state index in [2.05, 4.69) is 4.72 Å². The maximum Gasteiger partial charge on any atom is 0.241 e. The molecule has 0 aliphatic heterocycles. The smallest absolute Gasteiger partial charge is 0.241 e. The first-order valence-corrected chi connectivity index (χ1v) is 7.80. The summed E-state index contributed by atoms with van der Waals surface area (Å²) in [6, 6.07) is 6.28. The standard InChI is InChI=1S/C13H19NO4S/c1-18-12-7-4-6-11(12)14-19(16,17)13-8-3-2-5-10(13)9-15/h2-3,5,8,11-12,14-15H,4,6-7,9H2,1H3. The fourth-order valence-corrected chi connectivity index (χ4v) is 4.03. The molecule has 2 N–H and O–H groups in total. The minimum absolute atomic E-state index is 0.0731. The van der Waals surface area contributed by atoms with Crippen LogP contribution in [0.2, 0.25) is 0 Å². The molecule has 0 heterocycles. The SMILES string of the molecule is COC1CCCC1NS(=O)(=O)c1ccccc1CO. The number of rotatable bonds is 5. The van der Waals surface area contributed by atoms with Crippen molar-refractivity contribution in [3.8, 4) is 0 Å². The van der Waals surface area contributed by atoms with E-state index in [1.54, 1.807) is 25.3 Å². The highest BCUT2D eigenvalue weighted by Crippen LogP contribution is 2.24. The Bertz CT molecular complexity index is 529. The van der Waals surface area contributed by atoms with Crippen LogP contribution in [0.3, 0.4) is 0 Å². The molecule has 1 aliphatic carbocycles. The van der Waals surface area contributed by atoms with Crippen LogP contribution in [0.1, 0.15) is 24.8 Å². The van der Waals surface area contributed by atoms with E-state index in [9.17, 15) is 13.5 Å². The predicted molar refractivity (Wildman–Crippen MR) is 71.1 cm³/mol.